The Hall–Kier alpha value is -0.980. The van der Waals surface area contributed by atoms with Gasteiger partial charge in [0.15, 0.2) is 5.78 Å². The highest BCUT2D eigenvalue weighted by atomic mass is 32.1. The third-order valence-corrected chi connectivity index (χ3v) is 4.58. The van der Waals surface area contributed by atoms with Crippen LogP contribution in [0.1, 0.15) is 35.1 Å². The number of morpholine rings is 1. The van der Waals surface area contributed by atoms with E-state index in [1.165, 1.54) is 11.3 Å². The van der Waals surface area contributed by atoms with E-state index in [0.717, 1.165) is 61.5 Å². The number of Topliss-reactive ketones (excluding diaryl/α,β-unsaturated/α-hetero) is 1. The molecule has 0 saturated carbocycles. The van der Waals surface area contributed by atoms with Gasteiger partial charge in [-0.3, -0.25) is 15.0 Å². The van der Waals surface area contributed by atoms with Gasteiger partial charge in [0.1, 0.15) is 10.6 Å². The topological polar surface area (TPSA) is 55.7 Å². The summed E-state index contributed by atoms with van der Waals surface area (Å²) in [5.41, 5.74) is 0.973. The van der Waals surface area contributed by atoms with Crippen LogP contribution in [-0.2, 0) is 4.74 Å². The number of anilines is 1. The van der Waals surface area contributed by atoms with Gasteiger partial charge in [-0.2, -0.15) is 0 Å². The number of hydrogen-bond donors (Lipinski definition) is 1. The normalized spacial score (nSPS) is 16.3. The summed E-state index contributed by atoms with van der Waals surface area (Å²) < 4.78 is 5.31. The number of thiazole rings is 1. The van der Waals surface area contributed by atoms with Crippen LogP contribution < -0.4 is 10.3 Å². The molecule has 1 fully saturated rings. The summed E-state index contributed by atoms with van der Waals surface area (Å²) in [6.45, 7) is 9.29. The lowest BCUT2D eigenvalue weighted by Crippen LogP contribution is -2.37. The highest BCUT2D eigenvalue weighted by Gasteiger charge is 2.20. The molecular formula is C14H24N3O2S+. The largest absolute Gasteiger partial charge is 0.379 e. The predicted molar refractivity (Wildman–Crippen MR) is 80.6 cm³/mol. The van der Waals surface area contributed by atoms with Crippen molar-refractivity contribution in [3.05, 3.63) is 10.6 Å². The van der Waals surface area contributed by atoms with Crippen LogP contribution in [0.5, 0.6) is 0 Å². The second kappa shape index (κ2) is 7.71. The van der Waals surface area contributed by atoms with Gasteiger partial charge in [-0.15, -0.1) is 0 Å². The van der Waals surface area contributed by atoms with Crippen LogP contribution in [0.25, 0.3) is 0 Å². The Labute approximate surface area is 124 Å². The summed E-state index contributed by atoms with van der Waals surface area (Å²) in [4.78, 5) is 18.7. The van der Waals surface area contributed by atoms with Crippen molar-refractivity contribution < 1.29 is 14.5 Å². The van der Waals surface area contributed by atoms with Crippen molar-refractivity contribution in [3.8, 4) is 0 Å². The Bertz CT molecular complexity index is 442. The maximum absolute atomic E-state index is 12.3. The van der Waals surface area contributed by atoms with Crippen molar-refractivity contribution in [1.29, 1.82) is 0 Å². The zero-order valence-corrected chi connectivity index (χ0v) is 13.1. The molecule has 2 N–H and O–H groups in total. The predicted octanol–water partition coefficient (Wildman–Crippen LogP) is 1.60. The molecule has 0 radical (unpaired) electrons. The van der Waals surface area contributed by atoms with Crippen LogP contribution >= 0.6 is 11.3 Å². The molecule has 112 valence electrons. The first-order valence-corrected chi connectivity index (χ1v) is 8.12. The first kappa shape index (κ1) is 15.4. The number of aromatic amines is 1. The van der Waals surface area contributed by atoms with E-state index in [1.807, 2.05) is 6.92 Å². The average molecular weight is 298 g/mol. The summed E-state index contributed by atoms with van der Waals surface area (Å²) in [6, 6.07) is 0. The van der Waals surface area contributed by atoms with Crippen molar-refractivity contribution in [2.75, 3.05) is 44.7 Å². The lowest BCUT2D eigenvalue weighted by atomic mass is 10.2. The summed E-state index contributed by atoms with van der Waals surface area (Å²) in [5, 5.41) is 4.28. The number of hydrogen-bond acceptors (Lipinski definition) is 5. The molecule has 0 atom stereocenters. The van der Waals surface area contributed by atoms with Crippen LogP contribution in [0.15, 0.2) is 0 Å². The second-order valence-electron chi connectivity index (χ2n) is 5.06. The molecule has 0 amide bonds. The lowest BCUT2D eigenvalue weighted by molar-refractivity contribution is -0.364. The number of H-pyrrole nitrogens is 1. The Morgan fingerprint density at radius 2 is 2.20 bits per heavy atom. The van der Waals surface area contributed by atoms with Gasteiger partial charge < -0.3 is 4.74 Å². The molecule has 0 aliphatic carbocycles. The average Bonchev–Trinajstić information content (AvgIpc) is 2.85. The van der Waals surface area contributed by atoms with E-state index >= 15 is 0 Å². The second-order valence-corrected chi connectivity index (χ2v) is 6.08. The molecule has 0 aromatic carbocycles. The van der Waals surface area contributed by atoms with E-state index in [0.29, 0.717) is 6.42 Å². The van der Waals surface area contributed by atoms with Gasteiger partial charge in [-0.25, -0.2) is 4.98 Å². The SMILES string of the molecule is CCCNc1[nH+]c(C)c(C(=O)CCN2CCOCC2)s1. The van der Waals surface area contributed by atoms with Gasteiger partial charge in [-0.05, 0) is 24.7 Å². The maximum atomic E-state index is 12.3. The van der Waals surface area contributed by atoms with Crippen molar-refractivity contribution in [1.82, 2.24) is 4.90 Å². The maximum Gasteiger partial charge on any atom is 0.332 e. The molecule has 1 aromatic heterocycles. The Balaban J connectivity index is 1.86. The first-order valence-electron chi connectivity index (χ1n) is 7.30. The molecule has 1 aromatic rings. The fraction of sp³-hybridized carbons (Fsp3) is 0.714. The third-order valence-electron chi connectivity index (χ3n) is 3.39. The molecule has 1 aliphatic heterocycles. The fourth-order valence-corrected chi connectivity index (χ4v) is 3.22. The number of carbonyl (C=O) groups is 1. The minimum absolute atomic E-state index is 0.236. The van der Waals surface area contributed by atoms with E-state index in [-0.39, 0.29) is 5.78 Å². The van der Waals surface area contributed by atoms with Gasteiger partial charge in [0.05, 0.1) is 19.8 Å². The molecular weight excluding hydrogens is 274 g/mol. The summed E-state index contributed by atoms with van der Waals surface area (Å²) in [5.74, 6) is 0.236. The first-order chi connectivity index (χ1) is 9.70. The number of ether oxygens (including phenoxy) is 1. The molecule has 0 bridgehead atoms. The zero-order valence-electron chi connectivity index (χ0n) is 12.3. The molecule has 2 rings (SSSR count). The molecule has 1 aliphatic rings. The quantitative estimate of drug-likeness (QED) is 0.777. The molecule has 20 heavy (non-hydrogen) atoms. The molecule has 2 heterocycles. The standard InChI is InChI=1S/C14H23N3O2S/c1-3-5-15-14-16-11(2)13(20-14)12(18)4-6-17-7-9-19-10-8-17/h3-10H2,1-2H3,(H,15,16)/p+1. The van der Waals surface area contributed by atoms with E-state index in [4.69, 9.17) is 4.74 Å². The van der Waals surface area contributed by atoms with Crippen molar-refractivity contribution in [3.63, 3.8) is 0 Å². The van der Waals surface area contributed by atoms with Crippen LogP contribution in [0, 0.1) is 6.92 Å². The van der Waals surface area contributed by atoms with E-state index < -0.39 is 0 Å². The van der Waals surface area contributed by atoms with Crippen molar-refractivity contribution in [2.24, 2.45) is 0 Å². The zero-order chi connectivity index (χ0) is 14.4. The Morgan fingerprint density at radius 1 is 1.45 bits per heavy atom. The number of nitrogens with one attached hydrogen (secondary N) is 2. The lowest BCUT2D eigenvalue weighted by Gasteiger charge is -2.25. The fourth-order valence-electron chi connectivity index (χ4n) is 2.21. The highest BCUT2D eigenvalue weighted by molar-refractivity contribution is 7.17. The summed E-state index contributed by atoms with van der Waals surface area (Å²) in [6.07, 6.45) is 1.66. The third kappa shape index (κ3) is 4.26. The summed E-state index contributed by atoms with van der Waals surface area (Å²) >= 11 is 1.53. The number of aryl methyl sites for hydroxylation is 1. The highest BCUT2D eigenvalue weighted by Crippen LogP contribution is 2.20. The number of rotatable bonds is 7. The van der Waals surface area contributed by atoms with Crippen LogP contribution in [0.3, 0.4) is 0 Å². The van der Waals surface area contributed by atoms with Gasteiger partial charge >= 0.3 is 5.13 Å². The smallest absolute Gasteiger partial charge is 0.332 e. The minimum atomic E-state index is 0.236. The van der Waals surface area contributed by atoms with Crippen molar-refractivity contribution >= 4 is 22.3 Å². The van der Waals surface area contributed by atoms with Crippen LogP contribution in [-0.4, -0.2) is 50.1 Å². The molecule has 0 unspecified atom stereocenters. The molecule has 6 heteroatoms. The van der Waals surface area contributed by atoms with Crippen molar-refractivity contribution in [2.45, 2.75) is 26.7 Å². The Morgan fingerprint density at radius 3 is 2.90 bits per heavy atom. The monoisotopic (exact) mass is 298 g/mol. The Kier molecular flexibility index (Phi) is 5.94. The van der Waals surface area contributed by atoms with Gasteiger partial charge in [0.2, 0.25) is 0 Å². The molecule has 0 spiro atoms. The molecule has 1 saturated heterocycles. The van der Waals surface area contributed by atoms with Gasteiger partial charge in [-0.1, -0.05) is 6.92 Å². The number of carbonyl (C=O) groups excluding carboxylic acids is 1. The van der Waals surface area contributed by atoms with Crippen LogP contribution in [0.4, 0.5) is 5.13 Å². The number of aromatic nitrogens is 1. The van der Waals surface area contributed by atoms with E-state index in [1.54, 1.807) is 0 Å². The van der Waals surface area contributed by atoms with E-state index in [9.17, 15) is 4.79 Å². The van der Waals surface area contributed by atoms with Crippen LogP contribution in [0.2, 0.25) is 0 Å². The van der Waals surface area contributed by atoms with Gasteiger partial charge in [0, 0.05) is 26.1 Å². The number of nitrogens with zero attached hydrogens (tertiary/aromatic N) is 1. The molecule has 5 nitrogen and oxygen atoms in total. The number of ketones is 1. The summed E-state index contributed by atoms with van der Waals surface area (Å²) in [7, 11) is 0. The van der Waals surface area contributed by atoms with Gasteiger partial charge in [0.25, 0.3) is 0 Å². The minimum Gasteiger partial charge on any atom is -0.379 e. The van der Waals surface area contributed by atoms with E-state index in [2.05, 4.69) is 22.1 Å².